The van der Waals surface area contributed by atoms with Crippen molar-refractivity contribution < 1.29 is 17.9 Å². The van der Waals surface area contributed by atoms with Crippen LogP contribution in [-0.4, -0.2) is 22.6 Å². The molecule has 130 valence electrons. The number of hydrogen-bond acceptors (Lipinski definition) is 4. The molecule has 2 aromatic carbocycles. The zero-order chi connectivity index (χ0) is 17.9. The van der Waals surface area contributed by atoms with Crippen LogP contribution in [0.25, 0.3) is 0 Å². The van der Waals surface area contributed by atoms with Crippen LogP contribution in [0.5, 0.6) is 11.5 Å². The first-order valence-corrected chi connectivity index (χ1v) is 9.08. The summed E-state index contributed by atoms with van der Waals surface area (Å²) in [5.41, 5.74) is 3.21. The lowest BCUT2D eigenvalue weighted by atomic mass is 10.0. The Morgan fingerprint density at radius 2 is 1.67 bits per heavy atom. The summed E-state index contributed by atoms with van der Waals surface area (Å²) in [6, 6.07) is 10.2. The van der Waals surface area contributed by atoms with Crippen molar-refractivity contribution in [3.05, 3.63) is 53.1 Å². The van der Waals surface area contributed by atoms with E-state index < -0.39 is 10.0 Å². The minimum Gasteiger partial charge on any atom is -0.497 e. The summed E-state index contributed by atoms with van der Waals surface area (Å²) in [5.74, 6) is 0.780. The van der Waals surface area contributed by atoms with Crippen molar-refractivity contribution in [1.29, 1.82) is 0 Å². The molecule has 0 heterocycles. The van der Waals surface area contributed by atoms with Crippen LogP contribution in [-0.2, 0) is 10.0 Å². The summed E-state index contributed by atoms with van der Waals surface area (Å²) >= 11 is 0. The number of aryl methyl sites for hydroxylation is 2. The van der Waals surface area contributed by atoms with Crippen LogP contribution in [0.4, 0.5) is 0 Å². The Hall–Kier alpha value is -2.05. The molecule has 1 atom stereocenters. The van der Waals surface area contributed by atoms with Crippen LogP contribution in [0, 0.1) is 13.8 Å². The Kier molecular flexibility index (Phi) is 5.51. The lowest BCUT2D eigenvalue weighted by Gasteiger charge is -2.17. The van der Waals surface area contributed by atoms with Crippen LogP contribution >= 0.6 is 0 Å². The average Bonchev–Trinajstić information content (AvgIpc) is 2.56. The second kappa shape index (κ2) is 7.23. The maximum Gasteiger partial charge on any atom is 0.244 e. The molecular weight excluding hydrogens is 326 g/mol. The highest BCUT2D eigenvalue weighted by Crippen LogP contribution is 2.29. The van der Waals surface area contributed by atoms with Crippen molar-refractivity contribution in [2.75, 3.05) is 14.2 Å². The normalized spacial score (nSPS) is 12.7. The Morgan fingerprint density at radius 1 is 0.958 bits per heavy atom. The summed E-state index contributed by atoms with van der Waals surface area (Å²) in [7, 11) is -0.781. The van der Waals surface area contributed by atoms with Crippen molar-refractivity contribution in [3.8, 4) is 11.5 Å². The lowest BCUT2D eigenvalue weighted by molar-refractivity contribution is 0.385. The molecule has 6 heteroatoms. The van der Waals surface area contributed by atoms with Gasteiger partial charge < -0.3 is 9.47 Å². The molecule has 2 rings (SSSR count). The van der Waals surface area contributed by atoms with Crippen molar-refractivity contribution in [3.63, 3.8) is 0 Å². The van der Waals surface area contributed by atoms with Gasteiger partial charge >= 0.3 is 0 Å². The van der Waals surface area contributed by atoms with Gasteiger partial charge in [0.1, 0.15) is 16.4 Å². The van der Waals surface area contributed by atoms with E-state index in [0.717, 1.165) is 11.1 Å². The fourth-order valence-electron chi connectivity index (χ4n) is 2.40. The zero-order valence-electron chi connectivity index (χ0n) is 14.6. The van der Waals surface area contributed by atoms with Gasteiger partial charge in [0.15, 0.2) is 0 Å². The van der Waals surface area contributed by atoms with Gasteiger partial charge in [-0.3, -0.25) is 0 Å². The lowest BCUT2D eigenvalue weighted by Crippen LogP contribution is -2.27. The van der Waals surface area contributed by atoms with E-state index in [1.165, 1.54) is 25.8 Å². The molecule has 0 aliphatic rings. The number of methoxy groups -OCH3 is 2. The minimum absolute atomic E-state index is 0.0847. The maximum atomic E-state index is 12.7. The topological polar surface area (TPSA) is 64.6 Å². The molecule has 2 aromatic rings. The Bertz CT molecular complexity index is 831. The highest BCUT2D eigenvalue weighted by atomic mass is 32.2. The molecule has 0 bridgehead atoms. The first-order valence-electron chi connectivity index (χ1n) is 7.60. The smallest absolute Gasteiger partial charge is 0.244 e. The third-order valence-corrected chi connectivity index (χ3v) is 5.60. The number of nitrogens with one attached hydrogen (secondary N) is 1. The molecule has 0 saturated heterocycles. The second-order valence-corrected chi connectivity index (χ2v) is 7.39. The van der Waals surface area contributed by atoms with E-state index in [9.17, 15) is 8.42 Å². The van der Waals surface area contributed by atoms with E-state index in [-0.39, 0.29) is 16.7 Å². The Morgan fingerprint density at radius 3 is 2.25 bits per heavy atom. The zero-order valence-corrected chi connectivity index (χ0v) is 15.4. The number of rotatable bonds is 6. The molecule has 0 fully saturated rings. The largest absolute Gasteiger partial charge is 0.497 e. The van der Waals surface area contributed by atoms with Crippen molar-refractivity contribution in [1.82, 2.24) is 4.72 Å². The predicted molar refractivity (Wildman–Crippen MR) is 94.2 cm³/mol. The monoisotopic (exact) mass is 349 g/mol. The first-order chi connectivity index (χ1) is 11.3. The summed E-state index contributed by atoms with van der Waals surface area (Å²) < 4.78 is 38.4. The molecule has 0 aliphatic carbocycles. The van der Waals surface area contributed by atoms with Gasteiger partial charge in [0.25, 0.3) is 0 Å². The standard InChI is InChI=1S/C18H23NO4S/c1-12-6-7-15(10-13(12)2)14(3)19-24(20,21)18-9-8-16(22-4)11-17(18)23-5/h6-11,14,19H,1-5H3. The Balaban J connectivity index is 2.32. The molecular formula is C18H23NO4S. The molecule has 0 radical (unpaired) electrons. The minimum atomic E-state index is -3.73. The van der Waals surface area contributed by atoms with Crippen LogP contribution in [0.15, 0.2) is 41.3 Å². The molecule has 0 amide bonds. The Labute approximate surface area is 143 Å². The van der Waals surface area contributed by atoms with Crippen LogP contribution in [0.2, 0.25) is 0 Å². The molecule has 24 heavy (non-hydrogen) atoms. The SMILES string of the molecule is COc1ccc(S(=O)(=O)NC(C)c2ccc(C)c(C)c2)c(OC)c1. The van der Waals surface area contributed by atoms with Crippen LogP contribution in [0.1, 0.15) is 29.7 Å². The first kappa shape index (κ1) is 18.3. The van der Waals surface area contributed by atoms with E-state index in [4.69, 9.17) is 9.47 Å². The number of sulfonamides is 1. The summed E-state index contributed by atoms with van der Waals surface area (Å²) in [6.45, 7) is 5.85. The molecule has 0 spiro atoms. The average molecular weight is 349 g/mol. The number of hydrogen-bond donors (Lipinski definition) is 1. The van der Waals surface area contributed by atoms with Gasteiger partial charge in [-0.2, -0.15) is 0 Å². The maximum absolute atomic E-state index is 12.7. The quantitative estimate of drug-likeness (QED) is 0.868. The van der Waals surface area contributed by atoms with Crippen molar-refractivity contribution >= 4 is 10.0 Å². The van der Waals surface area contributed by atoms with E-state index in [1.807, 2.05) is 39.0 Å². The van der Waals surface area contributed by atoms with Gasteiger partial charge in [-0.1, -0.05) is 18.2 Å². The number of ether oxygens (including phenoxy) is 2. The van der Waals surface area contributed by atoms with Gasteiger partial charge in [0, 0.05) is 12.1 Å². The fraction of sp³-hybridized carbons (Fsp3) is 0.333. The van der Waals surface area contributed by atoms with Crippen LogP contribution in [0.3, 0.4) is 0 Å². The molecule has 5 nitrogen and oxygen atoms in total. The molecule has 0 aromatic heterocycles. The van der Waals surface area contributed by atoms with E-state index in [1.54, 1.807) is 12.1 Å². The van der Waals surface area contributed by atoms with Crippen molar-refractivity contribution in [2.24, 2.45) is 0 Å². The predicted octanol–water partition coefficient (Wildman–Crippen LogP) is 3.36. The van der Waals surface area contributed by atoms with E-state index in [0.29, 0.717) is 5.75 Å². The highest BCUT2D eigenvalue weighted by Gasteiger charge is 2.23. The molecule has 0 aliphatic heterocycles. The van der Waals surface area contributed by atoms with Crippen molar-refractivity contribution in [2.45, 2.75) is 31.7 Å². The van der Waals surface area contributed by atoms with Gasteiger partial charge in [0.05, 0.1) is 14.2 Å². The third-order valence-electron chi connectivity index (χ3n) is 4.02. The van der Waals surface area contributed by atoms with Gasteiger partial charge in [0.2, 0.25) is 10.0 Å². The fourth-order valence-corrected chi connectivity index (χ4v) is 3.78. The van der Waals surface area contributed by atoms with E-state index >= 15 is 0 Å². The molecule has 1 unspecified atom stereocenters. The van der Waals surface area contributed by atoms with Gasteiger partial charge in [-0.25, -0.2) is 13.1 Å². The van der Waals surface area contributed by atoms with Gasteiger partial charge in [-0.05, 0) is 49.6 Å². The summed E-state index contributed by atoms with van der Waals surface area (Å²) in [4.78, 5) is 0.0847. The van der Waals surface area contributed by atoms with Gasteiger partial charge in [-0.15, -0.1) is 0 Å². The highest BCUT2D eigenvalue weighted by molar-refractivity contribution is 7.89. The van der Waals surface area contributed by atoms with Crippen LogP contribution < -0.4 is 14.2 Å². The second-order valence-electron chi connectivity index (χ2n) is 5.70. The number of benzene rings is 2. The molecule has 1 N–H and O–H groups in total. The summed E-state index contributed by atoms with van der Waals surface area (Å²) in [5, 5.41) is 0. The summed E-state index contributed by atoms with van der Waals surface area (Å²) in [6.07, 6.45) is 0. The molecule has 0 saturated carbocycles. The van der Waals surface area contributed by atoms with E-state index in [2.05, 4.69) is 4.72 Å². The third kappa shape index (κ3) is 3.88.